The lowest BCUT2D eigenvalue weighted by Crippen LogP contribution is -2.59. The number of amides is 4. The van der Waals surface area contributed by atoms with Crippen molar-refractivity contribution in [3.63, 3.8) is 0 Å². The smallest absolute Gasteiger partial charge is 0.303 e. The van der Waals surface area contributed by atoms with Crippen LogP contribution in [0.3, 0.4) is 0 Å². The summed E-state index contributed by atoms with van der Waals surface area (Å²) in [6.07, 6.45) is -0.625. The first-order chi connectivity index (χ1) is 20.9. The lowest BCUT2D eigenvalue weighted by atomic mass is 9.90. The molecular formula is C31H39ClN4O8. The van der Waals surface area contributed by atoms with Crippen molar-refractivity contribution in [2.24, 2.45) is 11.7 Å². The number of halogens is 1. The van der Waals surface area contributed by atoms with Crippen LogP contribution in [0.15, 0.2) is 42.5 Å². The first-order valence-electron chi connectivity index (χ1n) is 14.6. The highest BCUT2D eigenvalue weighted by Gasteiger charge is 2.38. The van der Waals surface area contributed by atoms with Gasteiger partial charge in [-0.2, -0.15) is 0 Å². The highest BCUT2D eigenvalue weighted by Crippen LogP contribution is 2.22. The number of nitrogens with one attached hydrogen (secondary N) is 2. The molecule has 1 unspecified atom stereocenters. The van der Waals surface area contributed by atoms with Crippen molar-refractivity contribution < 1.29 is 39.0 Å². The van der Waals surface area contributed by atoms with Gasteiger partial charge in [-0.1, -0.05) is 42.5 Å². The number of aliphatic carboxylic acids is 1. The quantitative estimate of drug-likeness (QED) is 0.181. The molecule has 1 saturated heterocycles. The average Bonchev–Trinajstić information content (AvgIpc) is 3.00. The summed E-state index contributed by atoms with van der Waals surface area (Å²) in [6, 6.07) is 9.95. The topological polar surface area (TPSA) is 196 Å². The van der Waals surface area contributed by atoms with Gasteiger partial charge < -0.3 is 31.5 Å². The predicted octanol–water partition coefficient (Wildman–Crippen LogP) is 1.28. The zero-order chi connectivity index (χ0) is 32.4. The van der Waals surface area contributed by atoms with Gasteiger partial charge in [-0.15, -0.1) is 11.6 Å². The fourth-order valence-electron chi connectivity index (χ4n) is 5.41. The monoisotopic (exact) mass is 630 g/mol. The van der Waals surface area contributed by atoms with Crippen LogP contribution in [0.2, 0.25) is 0 Å². The van der Waals surface area contributed by atoms with Gasteiger partial charge in [-0.05, 0) is 55.4 Å². The van der Waals surface area contributed by atoms with Crippen LogP contribution in [0.4, 0.5) is 0 Å². The number of carboxylic acid groups (broad SMARTS) is 1. The lowest BCUT2D eigenvalue weighted by molar-refractivity contribution is -0.146. The molecule has 2 aromatic carbocycles. The second kappa shape index (κ2) is 16.2. The Bertz CT molecular complexity index is 1380. The highest BCUT2D eigenvalue weighted by molar-refractivity contribution is 6.27. The number of benzene rings is 2. The number of alkyl halides is 1. The number of rotatable bonds is 15. The third-order valence-electron chi connectivity index (χ3n) is 7.82. The summed E-state index contributed by atoms with van der Waals surface area (Å²) in [5.41, 5.74) is 6.17. The summed E-state index contributed by atoms with van der Waals surface area (Å²) >= 11 is 5.59. The van der Waals surface area contributed by atoms with E-state index in [1.54, 1.807) is 0 Å². The molecule has 3 rings (SSSR count). The minimum atomic E-state index is -1.21. The minimum absolute atomic E-state index is 0.0778. The average molecular weight is 631 g/mol. The summed E-state index contributed by atoms with van der Waals surface area (Å²) in [7, 11) is 0. The van der Waals surface area contributed by atoms with Crippen LogP contribution in [0, 0.1) is 5.92 Å². The maximum absolute atomic E-state index is 13.8. The van der Waals surface area contributed by atoms with Crippen molar-refractivity contribution in [1.82, 2.24) is 15.5 Å². The molecule has 1 heterocycles. The van der Waals surface area contributed by atoms with E-state index < -0.39 is 84.3 Å². The van der Waals surface area contributed by atoms with Crippen molar-refractivity contribution in [2.75, 3.05) is 12.4 Å². The molecule has 238 valence electrons. The van der Waals surface area contributed by atoms with Gasteiger partial charge in [-0.3, -0.25) is 28.8 Å². The number of hydrogen-bond acceptors (Lipinski definition) is 7. The number of fused-ring (bicyclic) bond motifs is 1. The van der Waals surface area contributed by atoms with Crippen molar-refractivity contribution in [3.8, 4) is 0 Å². The van der Waals surface area contributed by atoms with E-state index >= 15 is 0 Å². The summed E-state index contributed by atoms with van der Waals surface area (Å²) in [4.78, 5) is 77.3. The van der Waals surface area contributed by atoms with Gasteiger partial charge in [0, 0.05) is 19.4 Å². The van der Waals surface area contributed by atoms with Crippen LogP contribution in [0.25, 0.3) is 10.8 Å². The molecule has 0 saturated carbocycles. The number of Topliss-reactive ketones (excluding diaryl/α,β-unsaturated/α-hetero) is 1. The van der Waals surface area contributed by atoms with Gasteiger partial charge in [0.2, 0.25) is 23.6 Å². The van der Waals surface area contributed by atoms with E-state index in [-0.39, 0.29) is 25.8 Å². The molecule has 0 aliphatic carbocycles. The maximum atomic E-state index is 13.8. The zero-order valence-corrected chi connectivity index (χ0v) is 25.3. The van der Waals surface area contributed by atoms with E-state index in [1.807, 2.05) is 42.5 Å². The van der Waals surface area contributed by atoms with Gasteiger partial charge in [-0.25, -0.2) is 0 Å². The number of ketones is 1. The third kappa shape index (κ3) is 9.48. The standard InChI is InChI=1S/C31H39ClN4O8/c1-18(37)22(29(33)42)16-26(38)24(15-19-9-10-20-6-2-3-7-21(20)14-19)35-30(43)25-8-4-5-13-36(25)31(44)23(11-12-28(40)41)34-27(39)17-32/h2-3,6-7,9-10,14,18,22-25,37H,4-5,8,11-13,15-17H2,1H3,(H2,33,42)(H,34,39)(H,35,43)(H,40,41)/t18?,22-,23-,24-,25-/m0/s1. The molecule has 0 bridgehead atoms. The molecule has 12 nitrogen and oxygen atoms in total. The molecule has 0 spiro atoms. The number of piperidine rings is 1. The molecule has 44 heavy (non-hydrogen) atoms. The Morgan fingerprint density at radius 2 is 1.73 bits per heavy atom. The lowest BCUT2D eigenvalue weighted by Gasteiger charge is -2.37. The number of likely N-dealkylation sites (tertiary alicyclic amines) is 1. The summed E-state index contributed by atoms with van der Waals surface area (Å²) in [5, 5.41) is 26.3. The molecular weight excluding hydrogens is 592 g/mol. The number of carboxylic acids is 1. The predicted molar refractivity (Wildman–Crippen MR) is 162 cm³/mol. The van der Waals surface area contributed by atoms with Crippen molar-refractivity contribution >= 4 is 57.8 Å². The summed E-state index contributed by atoms with van der Waals surface area (Å²) < 4.78 is 0. The molecule has 5 atom stereocenters. The SMILES string of the molecule is CC(O)[C@H](CC(=O)[C@H](Cc1ccc2ccccc2c1)NC(=O)[C@@H]1CCCCN1C(=O)[C@H](CCC(=O)O)NC(=O)CCl)C(N)=O. The van der Waals surface area contributed by atoms with Crippen molar-refractivity contribution in [2.45, 2.75) is 76.1 Å². The van der Waals surface area contributed by atoms with E-state index in [0.29, 0.717) is 12.8 Å². The number of carbonyl (C=O) groups is 6. The molecule has 0 aromatic heterocycles. The zero-order valence-electron chi connectivity index (χ0n) is 24.5. The Morgan fingerprint density at radius 3 is 2.36 bits per heavy atom. The largest absolute Gasteiger partial charge is 0.481 e. The Hall–Kier alpha value is -4.03. The number of aliphatic hydroxyl groups is 1. The normalized spacial score (nSPS) is 17.6. The second-order valence-corrected chi connectivity index (χ2v) is 11.4. The van der Waals surface area contributed by atoms with Crippen LogP contribution < -0.4 is 16.4 Å². The Balaban J connectivity index is 1.87. The number of primary amides is 1. The first kappa shape index (κ1) is 34.5. The summed E-state index contributed by atoms with van der Waals surface area (Å²) in [5.74, 6) is -5.99. The minimum Gasteiger partial charge on any atom is -0.481 e. The van der Waals surface area contributed by atoms with E-state index in [9.17, 15) is 33.9 Å². The maximum Gasteiger partial charge on any atom is 0.303 e. The van der Waals surface area contributed by atoms with Crippen LogP contribution in [-0.4, -0.2) is 87.1 Å². The van der Waals surface area contributed by atoms with Crippen molar-refractivity contribution in [3.05, 3.63) is 48.0 Å². The van der Waals surface area contributed by atoms with E-state index in [0.717, 1.165) is 16.3 Å². The van der Waals surface area contributed by atoms with Crippen molar-refractivity contribution in [1.29, 1.82) is 0 Å². The second-order valence-electron chi connectivity index (χ2n) is 11.1. The van der Waals surface area contributed by atoms with Gasteiger partial charge in [0.15, 0.2) is 5.78 Å². The molecule has 1 aliphatic heterocycles. The molecule has 6 N–H and O–H groups in total. The Kier molecular flexibility index (Phi) is 12.7. The number of aliphatic hydroxyl groups excluding tert-OH is 1. The van der Waals surface area contributed by atoms with Crippen LogP contribution >= 0.6 is 11.6 Å². The highest BCUT2D eigenvalue weighted by atomic mass is 35.5. The van der Waals surface area contributed by atoms with Crippen LogP contribution in [0.5, 0.6) is 0 Å². The fourth-order valence-corrected chi connectivity index (χ4v) is 5.49. The van der Waals surface area contributed by atoms with Gasteiger partial charge >= 0.3 is 5.97 Å². The van der Waals surface area contributed by atoms with Gasteiger partial charge in [0.25, 0.3) is 0 Å². The number of hydrogen-bond donors (Lipinski definition) is 5. The molecule has 0 radical (unpaired) electrons. The number of carbonyl (C=O) groups excluding carboxylic acids is 5. The molecule has 1 fully saturated rings. The van der Waals surface area contributed by atoms with Crippen LogP contribution in [-0.2, 0) is 35.2 Å². The van der Waals surface area contributed by atoms with E-state index in [1.165, 1.54) is 11.8 Å². The van der Waals surface area contributed by atoms with E-state index in [4.69, 9.17) is 22.4 Å². The number of nitrogens with zero attached hydrogens (tertiary/aromatic N) is 1. The first-order valence-corrected chi connectivity index (χ1v) is 15.1. The molecule has 13 heteroatoms. The van der Waals surface area contributed by atoms with E-state index in [2.05, 4.69) is 10.6 Å². The number of nitrogens with two attached hydrogens (primary N) is 1. The molecule has 1 aliphatic rings. The fraction of sp³-hybridized carbons (Fsp3) is 0.484. The third-order valence-corrected chi connectivity index (χ3v) is 8.06. The molecule has 2 aromatic rings. The van der Waals surface area contributed by atoms with Crippen LogP contribution in [0.1, 0.15) is 51.0 Å². The van der Waals surface area contributed by atoms with Gasteiger partial charge in [0.1, 0.15) is 18.0 Å². The molecule has 4 amide bonds. The van der Waals surface area contributed by atoms with Gasteiger partial charge in [0.05, 0.1) is 18.1 Å². The Labute approximate surface area is 260 Å². The Morgan fingerprint density at radius 1 is 1.02 bits per heavy atom. The summed E-state index contributed by atoms with van der Waals surface area (Å²) in [6.45, 7) is 1.54.